The van der Waals surface area contributed by atoms with Gasteiger partial charge in [0.1, 0.15) is 4.60 Å². The molecule has 2 heterocycles. The lowest BCUT2D eigenvalue weighted by atomic mass is 10.3. The summed E-state index contributed by atoms with van der Waals surface area (Å²) in [5.41, 5.74) is 0.509. The van der Waals surface area contributed by atoms with E-state index in [1.807, 2.05) is 0 Å². The standard InChI is InChI=1S/C10H4BrCl3N4O/c11-8-6(1-4(12)3-15-8)16-10(19)5-2-7(13)17-18-9(5)14/h1-3H,(H,16,19). The summed E-state index contributed by atoms with van der Waals surface area (Å²) in [6, 6.07) is 2.86. The number of carbonyl (C=O) groups is 1. The summed E-state index contributed by atoms with van der Waals surface area (Å²) < 4.78 is 0.439. The van der Waals surface area contributed by atoms with Gasteiger partial charge >= 0.3 is 0 Å². The summed E-state index contributed by atoms with van der Waals surface area (Å²) in [6.07, 6.45) is 1.44. The summed E-state index contributed by atoms with van der Waals surface area (Å²) >= 11 is 20.4. The molecule has 98 valence electrons. The van der Waals surface area contributed by atoms with E-state index in [2.05, 4.69) is 36.4 Å². The van der Waals surface area contributed by atoms with Gasteiger partial charge in [-0.2, -0.15) is 0 Å². The molecular formula is C10H4BrCl3N4O. The molecule has 0 saturated heterocycles. The fourth-order valence-electron chi connectivity index (χ4n) is 1.21. The summed E-state index contributed by atoms with van der Waals surface area (Å²) in [4.78, 5) is 16.0. The van der Waals surface area contributed by atoms with E-state index < -0.39 is 5.91 Å². The van der Waals surface area contributed by atoms with Crippen LogP contribution in [0.1, 0.15) is 10.4 Å². The zero-order valence-corrected chi connectivity index (χ0v) is 12.8. The van der Waals surface area contributed by atoms with E-state index in [0.717, 1.165) is 0 Å². The fourth-order valence-corrected chi connectivity index (χ4v) is 2.01. The highest BCUT2D eigenvalue weighted by Gasteiger charge is 2.15. The number of halogens is 4. The van der Waals surface area contributed by atoms with Gasteiger partial charge < -0.3 is 5.32 Å². The number of anilines is 1. The molecule has 0 bridgehead atoms. The maximum Gasteiger partial charge on any atom is 0.259 e. The van der Waals surface area contributed by atoms with Crippen molar-refractivity contribution in [2.75, 3.05) is 5.32 Å². The normalized spacial score (nSPS) is 10.3. The molecule has 0 radical (unpaired) electrons. The third-order valence-corrected chi connectivity index (χ3v) is 3.32. The van der Waals surface area contributed by atoms with Gasteiger partial charge in [-0.15, -0.1) is 10.2 Å². The second-order valence-electron chi connectivity index (χ2n) is 3.32. The lowest BCUT2D eigenvalue weighted by Gasteiger charge is -2.07. The van der Waals surface area contributed by atoms with Gasteiger partial charge in [-0.05, 0) is 28.1 Å². The smallest absolute Gasteiger partial charge is 0.259 e. The van der Waals surface area contributed by atoms with Gasteiger partial charge in [-0.1, -0.05) is 34.8 Å². The number of pyridine rings is 1. The number of hydrogen-bond donors (Lipinski definition) is 1. The number of hydrogen-bond acceptors (Lipinski definition) is 4. The number of amides is 1. The lowest BCUT2D eigenvalue weighted by Crippen LogP contribution is -2.14. The second kappa shape index (κ2) is 6.00. The van der Waals surface area contributed by atoms with Gasteiger partial charge in [0, 0.05) is 6.20 Å². The second-order valence-corrected chi connectivity index (χ2v) is 5.25. The van der Waals surface area contributed by atoms with Crippen LogP contribution in [0.4, 0.5) is 5.69 Å². The minimum Gasteiger partial charge on any atom is -0.319 e. The Morgan fingerprint density at radius 2 is 1.95 bits per heavy atom. The van der Waals surface area contributed by atoms with Crippen molar-refractivity contribution in [2.24, 2.45) is 0 Å². The molecule has 0 aliphatic heterocycles. The van der Waals surface area contributed by atoms with E-state index in [1.54, 1.807) is 6.07 Å². The quantitative estimate of drug-likeness (QED) is 0.801. The first kappa shape index (κ1) is 14.5. The summed E-state index contributed by atoms with van der Waals surface area (Å²) in [6.45, 7) is 0. The van der Waals surface area contributed by atoms with E-state index in [0.29, 0.717) is 15.3 Å². The molecule has 2 aromatic rings. The summed E-state index contributed by atoms with van der Waals surface area (Å²) in [5, 5.41) is 10.1. The molecule has 0 unspecified atom stereocenters. The number of rotatable bonds is 2. The molecule has 0 aliphatic carbocycles. The van der Waals surface area contributed by atoms with Crippen LogP contribution in [0.3, 0.4) is 0 Å². The Hall–Kier alpha value is -0.950. The van der Waals surface area contributed by atoms with Crippen molar-refractivity contribution in [3.8, 4) is 0 Å². The maximum absolute atomic E-state index is 12.0. The molecule has 0 saturated carbocycles. The van der Waals surface area contributed by atoms with Gasteiger partial charge in [0.2, 0.25) is 0 Å². The molecule has 19 heavy (non-hydrogen) atoms. The topological polar surface area (TPSA) is 67.8 Å². The molecule has 1 N–H and O–H groups in total. The number of nitrogens with zero attached hydrogens (tertiary/aromatic N) is 3. The number of nitrogens with one attached hydrogen (secondary N) is 1. The van der Waals surface area contributed by atoms with Crippen LogP contribution >= 0.6 is 50.7 Å². The van der Waals surface area contributed by atoms with Crippen LogP contribution in [0, 0.1) is 0 Å². The van der Waals surface area contributed by atoms with Crippen molar-refractivity contribution in [2.45, 2.75) is 0 Å². The van der Waals surface area contributed by atoms with Gasteiger partial charge in [0.15, 0.2) is 10.3 Å². The number of aromatic nitrogens is 3. The van der Waals surface area contributed by atoms with Crippen molar-refractivity contribution < 1.29 is 4.79 Å². The van der Waals surface area contributed by atoms with Crippen molar-refractivity contribution in [3.63, 3.8) is 0 Å². The molecule has 0 atom stereocenters. The van der Waals surface area contributed by atoms with Crippen LogP contribution in [0.15, 0.2) is 22.9 Å². The Bertz CT molecular complexity index is 653. The highest BCUT2D eigenvalue weighted by molar-refractivity contribution is 9.10. The van der Waals surface area contributed by atoms with Gasteiger partial charge in [-0.3, -0.25) is 4.79 Å². The highest BCUT2D eigenvalue weighted by atomic mass is 79.9. The van der Waals surface area contributed by atoms with E-state index >= 15 is 0 Å². The first-order chi connectivity index (χ1) is 8.97. The number of carbonyl (C=O) groups excluding carboxylic acids is 1. The highest BCUT2D eigenvalue weighted by Crippen LogP contribution is 2.24. The van der Waals surface area contributed by atoms with Crippen molar-refractivity contribution in [1.29, 1.82) is 0 Å². The predicted octanol–water partition coefficient (Wildman–Crippen LogP) is 3.85. The SMILES string of the molecule is O=C(Nc1cc(Cl)cnc1Br)c1cc(Cl)nnc1Cl. The van der Waals surface area contributed by atoms with E-state index in [1.165, 1.54) is 12.3 Å². The molecule has 1 amide bonds. The molecule has 0 fully saturated rings. The largest absolute Gasteiger partial charge is 0.319 e. The third kappa shape index (κ3) is 3.54. The minimum absolute atomic E-state index is 0.0481. The Labute approximate surface area is 131 Å². The van der Waals surface area contributed by atoms with Gasteiger partial charge in [0.05, 0.1) is 16.3 Å². The third-order valence-electron chi connectivity index (χ3n) is 2.02. The van der Waals surface area contributed by atoms with Gasteiger partial charge in [0.25, 0.3) is 5.91 Å². The van der Waals surface area contributed by atoms with E-state index in [4.69, 9.17) is 34.8 Å². The summed E-state index contributed by atoms with van der Waals surface area (Å²) in [5.74, 6) is -0.494. The van der Waals surface area contributed by atoms with Gasteiger partial charge in [-0.25, -0.2) is 4.98 Å². The first-order valence-electron chi connectivity index (χ1n) is 4.78. The van der Waals surface area contributed by atoms with Crippen LogP contribution in [0.5, 0.6) is 0 Å². The van der Waals surface area contributed by atoms with E-state index in [-0.39, 0.29) is 15.9 Å². The van der Waals surface area contributed by atoms with Crippen molar-refractivity contribution in [3.05, 3.63) is 43.8 Å². The van der Waals surface area contributed by atoms with Crippen LogP contribution in [-0.4, -0.2) is 21.1 Å². The molecule has 5 nitrogen and oxygen atoms in total. The molecule has 0 aliphatic rings. The zero-order valence-electron chi connectivity index (χ0n) is 8.99. The Balaban J connectivity index is 2.30. The maximum atomic E-state index is 12.0. The van der Waals surface area contributed by atoms with Crippen LogP contribution < -0.4 is 5.32 Å². The van der Waals surface area contributed by atoms with Crippen molar-refractivity contribution in [1.82, 2.24) is 15.2 Å². The Morgan fingerprint density at radius 1 is 1.21 bits per heavy atom. The first-order valence-corrected chi connectivity index (χ1v) is 6.71. The molecule has 2 rings (SSSR count). The predicted molar refractivity (Wildman–Crippen MR) is 77.0 cm³/mol. The monoisotopic (exact) mass is 380 g/mol. The fraction of sp³-hybridized carbons (Fsp3) is 0. The molecule has 2 aromatic heterocycles. The average Bonchev–Trinajstić information content (AvgIpc) is 2.36. The van der Waals surface area contributed by atoms with Crippen LogP contribution in [-0.2, 0) is 0 Å². The molecular weight excluding hydrogens is 378 g/mol. The average molecular weight is 382 g/mol. The zero-order chi connectivity index (χ0) is 14.0. The van der Waals surface area contributed by atoms with Crippen LogP contribution in [0.2, 0.25) is 15.3 Å². The molecule has 0 aromatic carbocycles. The molecule has 0 spiro atoms. The Morgan fingerprint density at radius 3 is 2.68 bits per heavy atom. The van der Waals surface area contributed by atoms with E-state index in [9.17, 15) is 4.79 Å². The molecule has 9 heteroatoms. The van der Waals surface area contributed by atoms with Crippen LogP contribution in [0.25, 0.3) is 0 Å². The minimum atomic E-state index is -0.494. The van der Waals surface area contributed by atoms with Crippen molar-refractivity contribution >= 4 is 62.3 Å². The summed E-state index contributed by atoms with van der Waals surface area (Å²) in [7, 11) is 0. The Kier molecular flexibility index (Phi) is 4.57. The lowest BCUT2D eigenvalue weighted by molar-refractivity contribution is 0.102.